The van der Waals surface area contributed by atoms with Crippen LogP contribution in [0.15, 0.2) is 35.3 Å². The zero-order valence-corrected chi connectivity index (χ0v) is 17.1. The Morgan fingerprint density at radius 2 is 1.50 bits per heavy atom. The van der Waals surface area contributed by atoms with Crippen molar-refractivity contribution >= 4 is 5.96 Å². The van der Waals surface area contributed by atoms with E-state index >= 15 is 0 Å². The molecule has 0 aromatic heterocycles. The average Bonchev–Trinajstić information content (AvgIpc) is 3.20. The van der Waals surface area contributed by atoms with E-state index in [1.165, 1.54) is 36.0 Å². The molecule has 2 aromatic carbocycles. The van der Waals surface area contributed by atoms with E-state index in [2.05, 4.69) is 33.8 Å². The third kappa shape index (κ3) is 4.50. The lowest BCUT2D eigenvalue weighted by atomic mass is 10.1. The predicted molar refractivity (Wildman–Crippen MR) is 112 cm³/mol. The first-order chi connectivity index (χ1) is 13.7. The highest BCUT2D eigenvalue weighted by Crippen LogP contribution is 2.38. The summed E-state index contributed by atoms with van der Waals surface area (Å²) in [6.45, 7) is 1.32. The minimum Gasteiger partial charge on any atom is -0.493 e. The zero-order chi connectivity index (χ0) is 19.9. The fraction of sp³-hybridized carbons (Fsp3) is 0.409. The van der Waals surface area contributed by atoms with Crippen LogP contribution in [0.2, 0.25) is 0 Å². The Bertz CT molecular complexity index is 824. The molecule has 1 aliphatic carbocycles. The van der Waals surface area contributed by atoms with Crippen LogP contribution in [0.5, 0.6) is 17.2 Å². The minimum atomic E-state index is 0.584. The van der Waals surface area contributed by atoms with Gasteiger partial charge in [-0.25, -0.2) is 0 Å². The van der Waals surface area contributed by atoms with Gasteiger partial charge in [0.15, 0.2) is 17.5 Å². The van der Waals surface area contributed by atoms with Gasteiger partial charge in [0.1, 0.15) is 0 Å². The number of hydrogen-bond acceptors (Lipinski definition) is 4. The summed E-state index contributed by atoms with van der Waals surface area (Å²) in [6, 6.07) is 10.6. The Labute approximate surface area is 166 Å². The molecule has 150 valence electrons. The number of rotatable bonds is 7. The first-order valence-corrected chi connectivity index (χ1v) is 9.52. The van der Waals surface area contributed by atoms with E-state index in [4.69, 9.17) is 14.2 Å². The van der Waals surface area contributed by atoms with E-state index in [0.717, 1.165) is 18.1 Å². The lowest BCUT2D eigenvalue weighted by Gasteiger charge is -2.16. The molecule has 3 rings (SSSR count). The molecular weight excluding hydrogens is 354 g/mol. The van der Waals surface area contributed by atoms with Gasteiger partial charge in [0.2, 0.25) is 5.75 Å². The summed E-state index contributed by atoms with van der Waals surface area (Å²) < 4.78 is 16.2. The summed E-state index contributed by atoms with van der Waals surface area (Å²) in [7, 11) is 6.60. The van der Waals surface area contributed by atoms with Crippen molar-refractivity contribution in [1.29, 1.82) is 0 Å². The number of guanidine groups is 1. The molecule has 2 aromatic rings. The quantitative estimate of drug-likeness (QED) is 0.568. The van der Waals surface area contributed by atoms with E-state index in [-0.39, 0.29) is 0 Å². The lowest BCUT2D eigenvalue weighted by Crippen LogP contribution is -2.36. The molecule has 0 aliphatic heterocycles. The van der Waals surface area contributed by atoms with Gasteiger partial charge in [-0.3, -0.25) is 4.99 Å². The van der Waals surface area contributed by atoms with Crippen LogP contribution in [0.25, 0.3) is 0 Å². The van der Waals surface area contributed by atoms with Gasteiger partial charge < -0.3 is 24.8 Å². The maximum Gasteiger partial charge on any atom is 0.203 e. The van der Waals surface area contributed by atoms with Crippen molar-refractivity contribution in [2.24, 2.45) is 4.99 Å². The molecule has 0 heterocycles. The van der Waals surface area contributed by atoms with Crippen LogP contribution in [0.1, 0.15) is 28.7 Å². The molecule has 0 spiro atoms. The summed E-state index contributed by atoms with van der Waals surface area (Å²) in [5, 5.41) is 6.71. The molecule has 1 aliphatic rings. The Balaban J connectivity index is 1.61. The number of hydrogen-bond donors (Lipinski definition) is 2. The molecule has 0 amide bonds. The lowest BCUT2D eigenvalue weighted by molar-refractivity contribution is 0.323. The molecule has 6 heteroatoms. The molecule has 0 bridgehead atoms. The fourth-order valence-corrected chi connectivity index (χ4v) is 3.56. The third-order valence-corrected chi connectivity index (χ3v) is 5.03. The highest BCUT2D eigenvalue weighted by atomic mass is 16.5. The number of methoxy groups -OCH3 is 3. The van der Waals surface area contributed by atoms with Crippen molar-refractivity contribution in [2.45, 2.75) is 32.4 Å². The Morgan fingerprint density at radius 3 is 2.11 bits per heavy atom. The molecular formula is C22H29N3O3. The second-order valence-corrected chi connectivity index (χ2v) is 6.77. The Hall–Kier alpha value is -2.89. The van der Waals surface area contributed by atoms with Gasteiger partial charge in [0.05, 0.1) is 21.3 Å². The molecule has 0 saturated carbocycles. The number of benzene rings is 2. The summed E-state index contributed by atoms with van der Waals surface area (Å²) in [5.74, 6) is 2.61. The smallest absolute Gasteiger partial charge is 0.203 e. The number of nitrogens with one attached hydrogen (secondary N) is 2. The highest BCUT2D eigenvalue weighted by Gasteiger charge is 2.14. The van der Waals surface area contributed by atoms with Crippen molar-refractivity contribution in [3.05, 3.63) is 52.6 Å². The van der Waals surface area contributed by atoms with Crippen LogP contribution >= 0.6 is 0 Å². The third-order valence-electron chi connectivity index (χ3n) is 5.03. The summed E-state index contributed by atoms with van der Waals surface area (Å²) >= 11 is 0. The van der Waals surface area contributed by atoms with Gasteiger partial charge in [-0.1, -0.05) is 18.2 Å². The number of aliphatic imine (C=N–C) groups is 1. The number of nitrogens with zero attached hydrogens (tertiary/aromatic N) is 1. The summed E-state index contributed by atoms with van der Waals surface area (Å²) in [4.78, 5) is 4.32. The average molecular weight is 383 g/mol. The highest BCUT2D eigenvalue weighted by molar-refractivity contribution is 5.79. The number of fused-ring (bicyclic) bond motifs is 1. The standard InChI is InChI=1S/C22H29N3O3/c1-23-22(24-13-15-8-9-17-6-5-7-18(17)10-15)25-14-16-11-19(26-2)21(28-4)20(12-16)27-3/h8-12H,5-7,13-14H2,1-4H3,(H2,23,24,25). The largest absolute Gasteiger partial charge is 0.493 e. The van der Waals surface area contributed by atoms with Gasteiger partial charge in [-0.05, 0) is 53.6 Å². The molecule has 28 heavy (non-hydrogen) atoms. The molecule has 0 radical (unpaired) electrons. The van der Waals surface area contributed by atoms with Crippen molar-refractivity contribution in [2.75, 3.05) is 28.4 Å². The van der Waals surface area contributed by atoms with E-state index < -0.39 is 0 Å². The Kier molecular flexibility index (Phi) is 6.63. The van der Waals surface area contributed by atoms with Crippen molar-refractivity contribution in [3.8, 4) is 17.2 Å². The van der Waals surface area contributed by atoms with Crippen LogP contribution in [0.4, 0.5) is 0 Å². The maximum atomic E-state index is 5.42. The van der Waals surface area contributed by atoms with E-state index in [1.54, 1.807) is 28.4 Å². The first kappa shape index (κ1) is 19.9. The SMILES string of the molecule is CN=C(NCc1ccc2c(c1)CCC2)NCc1cc(OC)c(OC)c(OC)c1. The second kappa shape index (κ2) is 9.35. The van der Waals surface area contributed by atoms with Crippen LogP contribution < -0.4 is 24.8 Å². The molecule has 0 atom stereocenters. The van der Waals surface area contributed by atoms with Crippen molar-refractivity contribution in [1.82, 2.24) is 10.6 Å². The van der Waals surface area contributed by atoms with E-state index in [1.807, 2.05) is 12.1 Å². The molecule has 0 saturated heterocycles. The van der Waals surface area contributed by atoms with Gasteiger partial charge in [0, 0.05) is 20.1 Å². The van der Waals surface area contributed by atoms with Crippen LogP contribution in [-0.4, -0.2) is 34.3 Å². The monoisotopic (exact) mass is 383 g/mol. The van der Waals surface area contributed by atoms with Gasteiger partial charge >= 0.3 is 0 Å². The van der Waals surface area contributed by atoms with Crippen LogP contribution in [-0.2, 0) is 25.9 Å². The van der Waals surface area contributed by atoms with E-state index in [9.17, 15) is 0 Å². The molecule has 2 N–H and O–H groups in total. The summed E-state index contributed by atoms with van der Waals surface area (Å²) in [6.07, 6.45) is 3.67. The second-order valence-electron chi connectivity index (χ2n) is 6.77. The first-order valence-electron chi connectivity index (χ1n) is 9.52. The zero-order valence-electron chi connectivity index (χ0n) is 17.1. The molecule has 6 nitrogen and oxygen atoms in total. The normalized spacial score (nSPS) is 13.1. The van der Waals surface area contributed by atoms with E-state index in [0.29, 0.717) is 23.8 Å². The molecule has 0 fully saturated rings. The Morgan fingerprint density at radius 1 is 0.857 bits per heavy atom. The number of ether oxygens (including phenoxy) is 3. The van der Waals surface area contributed by atoms with Crippen LogP contribution in [0, 0.1) is 0 Å². The van der Waals surface area contributed by atoms with Crippen molar-refractivity contribution in [3.63, 3.8) is 0 Å². The van der Waals surface area contributed by atoms with Crippen LogP contribution in [0.3, 0.4) is 0 Å². The molecule has 0 unspecified atom stereocenters. The minimum absolute atomic E-state index is 0.584. The summed E-state index contributed by atoms with van der Waals surface area (Å²) in [5.41, 5.74) is 5.26. The van der Waals surface area contributed by atoms with Gasteiger partial charge in [0.25, 0.3) is 0 Å². The van der Waals surface area contributed by atoms with Gasteiger partial charge in [-0.2, -0.15) is 0 Å². The fourth-order valence-electron chi connectivity index (χ4n) is 3.56. The topological polar surface area (TPSA) is 64.1 Å². The maximum absolute atomic E-state index is 5.42. The number of aryl methyl sites for hydroxylation is 2. The van der Waals surface area contributed by atoms with Crippen molar-refractivity contribution < 1.29 is 14.2 Å². The predicted octanol–water partition coefficient (Wildman–Crippen LogP) is 3.07. The van der Waals surface area contributed by atoms with Gasteiger partial charge in [-0.15, -0.1) is 0 Å².